The molecule has 0 bridgehead atoms. The minimum Gasteiger partial charge on any atom is -0.258 e. The number of nitro groups is 1. The Balaban J connectivity index is 2.30. The molecule has 0 unspecified atom stereocenters. The zero-order valence-electron chi connectivity index (χ0n) is 8.70. The van der Waals surface area contributed by atoms with Crippen LogP contribution in [0.2, 0.25) is 0 Å². The van der Waals surface area contributed by atoms with Gasteiger partial charge in [-0.1, -0.05) is 5.21 Å². The zero-order valence-corrected chi connectivity index (χ0v) is 8.70. The molecule has 6 heteroatoms. The molecule has 0 radical (unpaired) electrons. The van der Waals surface area contributed by atoms with Crippen LogP contribution in [0.4, 0.5) is 5.69 Å². The first-order valence-electron chi connectivity index (χ1n) is 4.85. The fourth-order valence-electron chi connectivity index (χ4n) is 1.34. The highest BCUT2D eigenvalue weighted by atomic mass is 16.6. The normalized spacial score (nSPS) is 10.3. The highest BCUT2D eigenvalue weighted by Crippen LogP contribution is 2.19. The molecular formula is C10H10N4O2. The molecule has 2 rings (SSSR count). The standard InChI is InChI=1S/C10H10N4O2/c1-2-13-7-10(11-12-13)8-3-5-9(6-4-8)14(15)16/h3-7H,2H2,1H3. The van der Waals surface area contributed by atoms with Crippen molar-refractivity contribution in [3.05, 3.63) is 40.6 Å². The largest absolute Gasteiger partial charge is 0.269 e. The first kappa shape index (κ1) is 10.3. The molecule has 0 atom stereocenters. The smallest absolute Gasteiger partial charge is 0.258 e. The van der Waals surface area contributed by atoms with Gasteiger partial charge in [0, 0.05) is 24.2 Å². The van der Waals surface area contributed by atoms with Gasteiger partial charge in [0.1, 0.15) is 5.69 Å². The summed E-state index contributed by atoms with van der Waals surface area (Å²) < 4.78 is 1.71. The average Bonchev–Trinajstić information content (AvgIpc) is 2.77. The maximum Gasteiger partial charge on any atom is 0.269 e. The first-order valence-corrected chi connectivity index (χ1v) is 4.85. The average molecular weight is 218 g/mol. The van der Waals surface area contributed by atoms with Gasteiger partial charge in [-0.3, -0.25) is 14.8 Å². The summed E-state index contributed by atoms with van der Waals surface area (Å²) >= 11 is 0. The van der Waals surface area contributed by atoms with E-state index in [-0.39, 0.29) is 5.69 Å². The van der Waals surface area contributed by atoms with Crippen LogP contribution >= 0.6 is 0 Å². The summed E-state index contributed by atoms with van der Waals surface area (Å²) in [6, 6.07) is 6.25. The minimum absolute atomic E-state index is 0.0756. The molecule has 0 fully saturated rings. The molecule has 16 heavy (non-hydrogen) atoms. The lowest BCUT2D eigenvalue weighted by Gasteiger charge is -1.94. The molecule has 0 N–H and O–H groups in total. The van der Waals surface area contributed by atoms with Crippen molar-refractivity contribution >= 4 is 5.69 Å². The molecule has 0 amide bonds. The van der Waals surface area contributed by atoms with E-state index in [1.54, 1.807) is 23.0 Å². The molecule has 6 nitrogen and oxygen atoms in total. The van der Waals surface area contributed by atoms with E-state index in [9.17, 15) is 10.1 Å². The van der Waals surface area contributed by atoms with Gasteiger partial charge in [-0.2, -0.15) is 0 Å². The molecule has 0 spiro atoms. The number of nitrogens with zero attached hydrogens (tertiary/aromatic N) is 4. The Bertz CT molecular complexity index is 504. The molecule has 0 saturated heterocycles. The van der Waals surface area contributed by atoms with Crippen LogP contribution in [0, 0.1) is 10.1 Å². The van der Waals surface area contributed by atoms with Gasteiger partial charge in [-0.15, -0.1) is 5.10 Å². The second-order valence-corrected chi connectivity index (χ2v) is 3.26. The van der Waals surface area contributed by atoms with Crippen LogP contribution in [-0.4, -0.2) is 19.9 Å². The van der Waals surface area contributed by atoms with E-state index in [0.29, 0.717) is 0 Å². The highest BCUT2D eigenvalue weighted by molar-refractivity contribution is 5.59. The molecule has 1 aromatic heterocycles. The minimum atomic E-state index is -0.424. The van der Waals surface area contributed by atoms with E-state index < -0.39 is 4.92 Å². The van der Waals surface area contributed by atoms with E-state index in [1.165, 1.54) is 12.1 Å². The summed E-state index contributed by atoms with van der Waals surface area (Å²) in [6.45, 7) is 2.72. The number of aryl methyl sites for hydroxylation is 1. The van der Waals surface area contributed by atoms with Crippen LogP contribution in [0.25, 0.3) is 11.3 Å². The molecule has 2 aromatic rings. The molecule has 0 aliphatic rings. The molecule has 0 aliphatic carbocycles. The fourth-order valence-corrected chi connectivity index (χ4v) is 1.34. The van der Waals surface area contributed by atoms with Gasteiger partial charge in [0.15, 0.2) is 0 Å². The molecule has 0 saturated carbocycles. The van der Waals surface area contributed by atoms with Gasteiger partial charge in [-0.25, -0.2) is 0 Å². The maximum absolute atomic E-state index is 10.5. The second kappa shape index (κ2) is 4.09. The lowest BCUT2D eigenvalue weighted by atomic mass is 10.1. The van der Waals surface area contributed by atoms with Gasteiger partial charge in [0.2, 0.25) is 0 Å². The zero-order chi connectivity index (χ0) is 11.5. The monoisotopic (exact) mass is 218 g/mol. The van der Waals surface area contributed by atoms with Gasteiger partial charge in [-0.05, 0) is 19.1 Å². The number of rotatable bonds is 3. The van der Waals surface area contributed by atoms with E-state index in [1.807, 2.05) is 6.92 Å². The summed E-state index contributed by atoms with van der Waals surface area (Å²) in [4.78, 5) is 10.0. The Morgan fingerprint density at radius 3 is 2.56 bits per heavy atom. The van der Waals surface area contributed by atoms with Crippen molar-refractivity contribution in [1.29, 1.82) is 0 Å². The van der Waals surface area contributed by atoms with E-state index in [0.717, 1.165) is 17.8 Å². The Labute approximate surface area is 91.7 Å². The van der Waals surface area contributed by atoms with E-state index in [2.05, 4.69) is 10.3 Å². The summed E-state index contributed by atoms with van der Waals surface area (Å²) in [5.74, 6) is 0. The number of hydrogen-bond donors (Lipinski definition) is 0. The number of benzene rings is 1. The Morgan fingerprint density at radius 1 is 1.38 bits per heavy atom. The molecule has 82 valence electrons. The quantitative estimate of drug-likeness (QED) is 0.582. The third kappa shape index (κ3) is 1.90. The molecule has 0 aliphatic heterocycles. The van der Waals surface area contributed by atoms with E-state index >= 15 is 0 Å². The topological polar surface area (TPSA) is 73.8 Å². The third-order valence-electron chi connectivity index (χ3n) is 2.24. The summed E-state index contributed by atoms with van der Waals surface area (Å²) in [6.07, 6.45) is 1.81. The van der Waals surface area contributed by atoms with E-state index in [4.69, 9.17) is 0 Å². The fraction of sp³-hybridized carbons (Fsp3) is 0.200. The van der Waals surface area contributed by atoms with Crippen molar-refractivity contribution in [2.75, 3.05) is 0 Å². The maximum atomic E-state index is 10.5. The van der Waals surface area contributed by atoms with Crippen molar-refractivity contribution in [1.82, 2.24) is 15.0 Å². The summed E-state index contributed by atoms with van der Waals surface area (Å²) in [5.41, 5.74) is 1.62. The Kier molecular flexibility index (Phi) is 2.63. The molecular weight excluding hydrogens is 208 g/mol. The van der Waals surface area contributed by atoms with Crippen LogP contribution in [0.5, 0.6) is 0 Å². The Morgan fingerprint density at radius 2 is 2.06 bits per heavy atom. The number of nitro benzene ring substituents is 1. The van der Waals surface area contributed by atoms with Gasteiger partial charge in [0.25, 0.3) is 5.69 Å². The van der Waals surface area contributed by atoms with Crippen molar-refractivity contribution in [2.45, 2.75) is 13.5 Å². The number of hydrogen-bond acceptors (Lipinski definition) is 4. The lowest BCUT2D eigenvalue weighted by molar-refractivity contribution is -0.384. The van der Waals surface area contributed by atoms with Gasteiger partial charge in [0.05, 0.1) is 11.1 Å². The molecule has 1 aromatic carbocycles. The van der Waals surface area contributed by atoms with Crippen molar-refractivity contribution in [3.63, 3.8) is 0 Å². The van der Waals surface area contributed by atoms with Gasteiger partial charge >= 0.3 is 0 Å². The third-order valence-corrected chi connectivity index (χ3v) is 2.24. The van der Waals surface area contributed by atoms with Gasteiger partial charge < -0.3 is 0 Å². The number of non-ortho nitro benzene ring substituents is 1. The summed E-state index contributed by atoms with van der Waals surface area (Å²) in [5, 5.41) is 18.3. The van der Waals surface area contributed by atoms with Crippen LogP contribution in [-0.2, 0) is 6.54 Å². The number of aromatic nitrogens is 3. The predicted octanol–water partition coefficient (Wildman–Crippen LogP) is 1.87. The predicted molar refractivity (Wildman–Crippen MR) is 57.8 cm³/mol. The first-order chi connectivity index (χ1) is 7.70. The van der Waals surface area contributed by atoms with Crippen LogP contribution in [0.3, 0.4) is 0 Å². The van der Waals surface area contributed by atoms with Crippen molar-refractivity contribution in [2.24, 2.45) is 0 Å². The molecule has 1 heterocycles. The van der Waals surface area contributed by atoms with Crippen LogP contribution < -0.4 is 0 Å². The van der Waals surface area contributed by atoms with Crippen LogP contribution in [0.1, 0.15) is 6.92 Å². The summed E-state index contributed by atoms with van der Waals surface area (Å²) in [7, 11) is 0. The van der Waals surface area contributed by atoms with Crippen molar-refractivity contribution < 1.29 is 4.92 Å². The van der Waals surface area contributed by atoms with Crippen LogP contribution in [0.15, 0.2) is 30.5 Å². The highest BCUT2D eigenvalue weighted by Gasteiger charge is 2.07. The Hall–Kier alpha value is -2.24. The second-order valence-electron chi connectivity index (χ2n) is 3.26. The van der Waals surface area contributed by atoms with Crippen molar-refractivity contribution in [3.8, 4) is 11.3 Å². The lowest BCUT2D eigenvalue weighted by Crippen LogP contribution is -1.93. The SMILES string of the molecule is CCn1cc(-c2ccc([N+](=O)[O-])cc2)nn1.